The van der Waals surface area contributed by atoms with Crippen molar-refractivity contribution in [1.82, 2.24) is 9.55 Å². The highest BCUT2D eigenvalue weighted by Gasteiger charge is 2.09. The quantitative estimate of drug-likeness (QED) is 0.539. The number of hydrogen-bond donors (Lipinski definition) is 0. The van der Waals surface area contributed by atoms with Crippen molar-refractivity contribution in [3.8, 4) is 11.1 Å². The van der Waals surface area contributed by atoms with E-state index in [1.807, 2.05) is 25.1 Å². The van der Waals surface area contributed by atoms with E-state index in [0.717, 1.165) is 11.1 Å². The van der Waals surface area contributed by atoms with E-state index in [1.54, 1.807) is 22.8 Å². The van der Waals surface area contributed by atoms with Crippen LogP contribution in [0.3, 0.4) is 0 Å². The predicted molar refractivity (Wildman–Crippen MR) is 107 cm³/mol. The minimum atomic E-state index is -0.0630. The monoisotopic (exact) mass is 336 g/mol. The lowest BCUT2D eigenvalue weighted by atomic mass is 9.95. The van der Waals surface area contributed by atoms with Gasteiger partial charge in [0.1, 0.15) is 13.7 Å². The lowest BCUT2D eigenvalue weighted by Gasteiger charge is -2.12. The van der Waals surface area contributed by atoms with Gasteiger partial charge in [-0.05, 0) is 29.7 Å². The molecule has 0 aliphatic rings. The molecule has 0 amide bonds. The minimum absolute atomic E-state index is 0.0630. The Balaban J connectivity index is 1.70. The molecule has 0 spiro atoms. The van der Waals surface area contributed by atoms with Gasteiger partial charge in [-0.3, -0.25) is 9.36 Å². The zero-order valence-electron chi connectivity index (χ0n) is 14.5. The molecule has 1 heterocycles. The normalized spacial score (nSPS) is 11.0. The Hall–Kier alpha value is -3.14. The second-order valence-corrected chi connectivity index (χ2v) is 6.39. The highest BCUT2D eigenvalue weighted by atomic mass is 16.1. The lowest BCUT2D eigenvalue weighted by Crippen LogP contribution is -2.25. The average Bonchev–Trinajstić information content (AvgIpc) is 2.67. The molecule has 26 heavy (non-hydrogen) atoms. The molecule has 4 heteroatoms. The Morgan fingerprint density at radius 3 is 2.35 bits per heavy atom. The molecule has 0 atom stereocenters. The Morgan fingerprint density at radius 2 is 1.62 bits per heavy atom. The van der Waals surface area contributed by atoms with Crippen LogP contribution in [-0.4, -0.2) is 17.4 Å². The maximum atomic E-state index is 12.9. The summed E-state index contributed by atoms with van der Waals surface area (Å²) in [5.74, 6) is 0.694. The predicted octanol–water partition coefficient (Wildman–Crippen LogP) is 3.21. The van der Waals surface area contributed by atoms with Crippen molar-refractivity contribution >= 4 is 24.2 Å². The summed E-state index contributed by atoms with van der Waals surface area (Å²) in [5.41, 5.74) is 4.57. The SMILES string of the molecule is [B]c1ccc2nc(C)n(Cc3ccc(-c4ccccc4)cc3)c(=O)c2c1. The van der Waals surface area contributed by atoms with Crippen LogP contribution in [0, 0.1) is 6.92 Å². The Bertz CT molecular complexity index is 1130. The molecule has 3 nitrogen and oxygen atoms in total. The maximum absolute atomic E-state index is 12.9. The summed E-state index contributed by atoms with van der Waals surface area (Å²) < 4.78 is 1.69. The fourth-order valence-corrected chi connectivity index (χ4v) is 3.15. The summed E-state index contributed by atoms with van der Waals surface area (Å²) in [6.45, 7) is 2.34. The van der Waals surface area contributed by atoms with Crippen LogP contribution >= 0.6 is 0 Å². The van der Waals surface area contributed by atoms with Gasteiger partial charge in [-0.25, -0.2) is 4.98 Å². The Morgan fingerprint density at radius 1 is 0.923 bits per heavy atom. The second-order valence-electron chi connectivity index (χ2n) is 6.39. The van der Waals surface area contributed by atoms with Gasteiger partial charge >= 0.3 is 0 Å². The largest absolute Gasteiger partial charge is 0.292 e. The minimum Gasteiger partial charge on any atom is -0.292 e. The van der Waals surface area contributed by atoms with Crippen molar-refractivity contribution in [1.29, 1.82) is 0 Å². The first-order valence-electron chi connectivity index (χ1n) is 8.53. The van der Waals surface area contributed by atoms with Crippen LogP contribution in [0.5, 0.6) is 0 Å². The molecular weight excluding hydrogens is 319 g/mol. The van der Waals surface area contributed by atoms with Crippen LogP contribution in [-0.2, 0) is 6.54 Å². The average molecular weight is 336 g/mol. The molecule has 0 fully saturated rings. The van der Waals surface area contributed by atoms with E-state index in [-0.39, 0.29) is 5.56 Å². The highest BCUT2D eigenvalue weighted by molar-refractivity contribution is 6.33. The summed E-state index contributed by atoms with van der Waals surface area (Å²) in [6.07, 6.45) is 0. The summed E-state index contributed by atoms with van der Waals surface area (Å²) >= 11 is 0. The zero-order valence-corrected chi connectivity index (χ0v) is 14.5. The molecule has 0 aliphatic heterocycles. The van der Waals surface area contributed by atoms with Gasteiger partial charge in [-0.1, -0.05) is 72.2 Å². The van der Waals surface area contributed by atoms with Gasteiger partial charge in [-0.2, -0.15) is 0 Å². The second kappa shape index (κ2) is 6.64. The molecule has 0 saturated heterocycles. The summed E-state index contributed by atoms with van der Waals surface area (Å²) in [7, 11) is 5.83. The Kier molecular flexibility index (Phi) is 4.17. The van der Waals surface area contributed by atoms with E-state index in [4.69, 9.17) is 7.85 Å². The molecule has 1 aromatic heterocycles. The molecule has 4 aromatic rings. The van der Waals surface area contributed by atoms with E-state index in [2.05, 4.69) is 41.4 Å². The Labute approximate surface area is 153 Å². The fraction of sp³-hybridized carbons (Fsp3) is 0.0909. The van der Waals surface area contributed by atoms with Crippen molar-refractivity contribution in [2.75, 3.05) is 0 Å². The van der Waals surface area contributed by atoms with E-state index in [9.17, 15) is 4.79 Å². The van der Waals surface area contributed by atoms with Gasteiger partial charge < -0.3 is 0 Å². The van der Waals surface area contributed by atoms with E-state index in [1.165, 1.54) is 5.56 Å². The molecule has 124 valence electrons. The van der Waals surface area contributed by atoms with Crippen molar-refractivity contribution in [2.45, 2.75) is 13.5 Å². The third kappa shape index (κ3) is 3.06. The lowest BCUT2D eigenvalue weighted by molar-refractivity contribution is 0.713. The first-order chi connectivity index (χ1) is 12.6. The fourth-order valence-electron chi connectivity index (χ4n) is 3.15. The van der Waals surface area contributed by atoms with E-state index in [0.29, 0.717) is 28.7 Å². The van der Waals surface area contributed by atoms with Crippen molar-refractivity contribution in [3.63, 3.8) is 0 Å². The van der Waals surface area contributed by atoms with E-state index < -0.39 is 0 Å². The number of fused-ring (bicyclic) bond motifs is 1. The first kappa shape index (κ1) is 16.3. The van der Waals surface area contributed by atoms with Crippen LogP contribution in [0.15, 0.2) is 77.6 Å². The van der Waals surface area contributed by atoms with Gasteiger partial charge in [-0.15, -0.1) is 0 Å². The van der Waals surface area contributed by atoms with E-state index >= 15 is 0 Å². The van der Waals surface area contributed by atoms with Gasteiger partial charge in [0.2, 0.25) is 0 Å². The third-order valence-electron chi connectivity index (χ3n) is 4.57. The molecule has 0 aliphatic carbocycles. The number of aryl methyl sites for hydroxylation is 1. The number of nitrogens with zero attached hydrogens (tertiary/aromatic N) is 2. The van der Waals surface area contributed by atoms with Crippen LogP contribution in [0.25, 0.3) is 22.0 Å². The van der Waals surface area contributed by atoms with Crippen molar-refractivity contribution in [3.05, 3.63) is 94.5 Å². The van der Waals surface area contributed by atoms with Gasteiger partial charge in [0.15, 0.2) is 0 Å². The molecular formula is C22H17BN2O. The molecule has 0 bridgehead atoms. The van der Waals surface area contributed by atoms with Gasteiger partial charge in [0.25, 0.3) is 5.56 Å². The molecule has 3 aromatic carbocycles. The standard InChI is InChI=1S/C22H17BN2O/c1-15-24-21-12-11-19(23)13-20(21)22(26)25(15)14-16-7-9-18(10-8-16)17-5-3-2-4-6-17/h2-13H,14H2,1H3. The van der Waals surface area contributed by atoms with Crippen LogP contribution in [0.2, 0.25) is 0 Å². The van der Waals surface area contributed by atoms with Crippen LogP contribution in [0.4, 0.5) is 0 Å². The highest BCUT2D eigenvalue weighted by Crippen LogP contribution is 2.19. The topological polar surface area (TPSA) is 34.9 Å². The molecule has 0 saturated carbocycles. The first-order valence-corrected chi connectivity index (χ1v) is 8.53. The molecule has 0 unspecified atom stereocenters. The van der Waals surface area contributed by atoms with Crippen molar-refractivity contribution in [2.24, 2.45) is 0 Å². The smallest absolute Gasteiger partial charge is 0.261 e. The molecule has 2 radical (unpaired) electrons. The third-order valence-corrected chi connectivity index (χ3v) is 4.57. The summed E-state index contributed by atoms with van der Waals surface area (Å²) in [6, 6.07) is 23.7. The van der Waals surface area contributed by atoms with Gasteiger partial charge in [0, 0.05) is 0 Å². The maximum Gasteiger partial charge on any atom is 0.261 e. The number of aromatic nitrogens is 2. The summed E-state index contributed by atoms with van der Waals surface area (Å²) in [4.78, 5) is 17.4. The summed E-state index contributed by atoms with van der Waals surface area (Å²) in [5, 5.41) is 0.552. The number of hydrogen-bond acceptors (Lipinski definition) is 2. The van der Waals surface area contributed by atoms with Crippen LogP contribution < -0.4 is 11.0 Å². The van der Waals surface area contributed by atoms with Crippen molar-refractivity contribution < 1.29 is 0 Å². The zero-order chi connectivity index (χ0) is 18.1. The van der Waals surface area contributed by atoms with Crippen LogP contribution in [0.1, 0.15) is 11.4 Å². The molecule has 4 rings (SSSR count). The number of rotatable bonds is 3. The number of benzene rings is 3. The van der Waals surface area contributed by atoms with Gasteiger partial charge in [0.05, 0.1) is 17.4 Å². The molecule has 0 N–H and O–H groups in total.